The van der Waals surface area contributed by atoms with Gasteiger partial charge in [-0.1, -0.05) is 58.4 Å². The lowest BCUT2D eigenvalue weighted by Gasteiger charge is -2.26. The number of hydrogen-bond acceptors (Lipinski definition) is 5. The van der Waals surface area contributed by atoms with Gasteiger partial charge >= 0.3 is 0 Å². The zero-order chi connectivity index (χ0) is 22.8. The molecule has 3 aromatic rings. The van der Waals surface area contributed by atoms with Crippen molar-refractivity contribution in [2.75, 3.05) is 19.1 Å². The molecule has 1 heterocycles. The van der Waals surface area contributed by atoms with Crippen molar-refractivity contribution in [3.8, 4) is 11.5 Å². The predicted octanol–water partition coefficient (Wildman–Crippen LogP) is 5.09. The number of ketones is 1. The number of aliphatic hydroxyl groups excluding tert-OH is 1. The number of benzene rings is 3. The molecule has 0 aromatic heterocycles. The molecule has 1 aliphatic rings. The van der Waals surface area contributed by atoms with Crippen LogP contribution in [0.4, 0.5) is 5.69 Å². The van der Waals surface area contributed by atoms with Gasteiger partial charge in [-0.25, -0.2) is 0 Å². The second kappa shape index (κ2) is 8.88. The highest BCUT2D eigenvalue weighted by Gasteiger charge is 2.47. The maximum Gasteiger partial charge on any atom is 0.300 e. The van der Waals surface area contributed by atoms with E-state index in [-0.39, 0.29) is 11.3 Å². The highest BCUT2D eigenvalue weighted by atomic mass is 79.9. The first-order valence-corrected chi connectivity index (χ1v) is 10.6. The first-order valence-electron chi connectivity index (χ1n) is 9.80. The fourth-order valence-electron chi connectivity index (χ4n) is 3.81. The molecular formula is C25H20BrNO5. The van der Waals surface area contributed by atoms with Gasteiger partial charge in [0.25, 0.3) is 11.7 Å². The zero-order valence-electron chi connectivity index (χ0n) is 17.4. The number of Topliss-reactive ketones (excluding diaryl/α,β-unsaturated/α-hetero) is 1. The quantitative estimate of drug-likeness (QED) is 0.304. The lowest BCUT2D eigenvalue weighted by Crippen LogP contribution is -2.29. The largest absolute Gasteiger partial charge is 0.507 e. The summed E-state index contributed by atoms with van der Waals surface area (Å²) in [5, 5.41) is 11.1. The lowest BCUT2D eigenvalue weighted by atomic mass is 9.94. The molecule has 3 aromatic carbocycles. The number of amides is 1. The van der Waals surface area contributed by atoms with Crippen LogP contribution in [0.5, 0.6) is 11.5 Å². The Morgan fingerprint density at radius 2 is 1.62 bits per heavy atom. The van der Waals surface area contributed by atoms with Crippen LogP contribution in [0, 0.1) is 0 Å². The summed E-state index contributed by atoms with van der Waals surface area (Å²) >= 11 is 3.42. The normalized spacial score (nSPS) is 17.5. The lowest BCUT2D eigenvalue weighted by molar-refractivity contribution is -0.132. The Bertz CT molecular complexity index is 1220. The fourth-order valence-corrected chi connectivity index (χ4v) is 4.20. The average Bonchev–Trinajstić information content (AvgIpc) is 3.09. The maximum atomic E-state index is 13.2. The van der Waals surface area contributed by atoms with Crippen LogP contribution >= 0.6 is 15.9 Å². The summed E-state index contributed by atoms with van der Waals surface area (Å²) in [4.78, 5) is 27.7. The van der Waals surface area contributed by atoms with Crippen LogP contribution in [-0.2, 0) is 9.59 Å². The minimum absolute atomic E-state index is 0.00777. The Kier molecular flexibility index (Phi) is 6.01. The summed E-state index contributed by atoms with van der Waals surface area (Å²) in [5.41, 5.74) is 1.58. The van der Waals surface area contributed by atoms with E-state index in [4.69, 9.17) is 9.47 Å². The van der Waals surface area contributed by atoms with Gasteiger partial charge in [-0.3, -0.25) is 14.5 Å². The number of methoxy groups -OCH3 is 2. The van der Waals surface area contributed by atoms with Gasteiger partial charge in [0.05, 0.1) is 25.8 Å². The van der Waals surface area contributed by atoms with Gasteiger partial charge in [-0.2, -0.15) is 0 Å². The van der Waals surface area contributed by atoms with Gasteiger partial charge < -0.3 is 14.6 Å². The summed E-state index contributed by atoms with van der Waals surface area (Å²) in [6, 6.07) is 20.1. The van der Waals surface area contributed by atoms with Crippen molar-refractivity contribution in [2.45, 2.75) is 6.04 Å². The predicted molar refractivity (Wildman–Crippen MR) is 125 cm³/mol. The molecule has 4 rings (SSSR count). The second-order valence-corrected chi connectivity index (χ2v) is 8.05. The highest BCUT2D eigenvalue weighted by molar-refractivity contribution is 9.10. The maximum absolute atomic E-state index is 13.2. The molecule has 1 saturated heterocycles. The second-order valence-electron chi connectivity index (χ2n) is 7.13. The monoisotopic (exact) mass is 493 g/mol. The van der Waals surface area contributed by atoms with Crippen molar-refractivity contribution in [3.05, 3.63) is 94.0 Å². The minimum Gasteiger partial charge on any atom is -0.507 e. The summed E-state index contributed by atoms with van der Waals surface area (Å²) in [7, 11) is 3.04. The Morgan fingerprint density at radius 3 is 2.28 bits per heavy atom. The van der Waals surface area contributed by atoms with Crippen LogP contribution < -0.4 is 14.4 Å². The van der Waals surface area contributed by atoms with E-state index in [0.29, 0.717) is 28.3 Å². The van der Waals surface area contributed by atoms with E-state index in [1.165, 1.54) is 19.1 Å². The number of rotatable bonds is 5. The number of ether oxygens (including phenoxy) is 2. The molecule has 32 heavy (non-hydrogen) atoms. The third kappa shape index (κ3) is 3.76. The standard InChI is InChI=1S/C25H20BrNO5/c1-31-19-12-11-16(13-20(19)32-2)22-21(23(28)15-7-4-3-5-8-15)24(29)25(30)27(22)18-10-6-9-17(26)14-18/h3-14,22,28H,1-2H3/b23-21+/t22-/m1/s1. The molecule has 1 N–H and O–H groups in total. The first kappa shape index (κ1) is 21.6. The van der Waals surface area contributed by atoms with Crippen LogP contribution in [0.25, 0.3) is 5.76 Å². The van der Waals surface area contributed by atoms with E-state index in [0.717, 1.165) is 4.47 Å². The van der Waals surface area contributed by atoms with Crippen LogP contribution in [0.3, 0.4) is 0 Å². The zero-order valence-corrected chi connectivity index (χ0v) is 19.0. The third-order valence-corrected chi connectivity index (χ3v) is 5.79. The minimum atomic E-state index is -0.857. The molecule has 6 nitrogen and oxygen atoms in total. The first-order chi connectivity index (χ1) is 15.5. The molecule has 0 aliphatic carbocycles. The molecule has 7 heteroatoms. The van der Waals surface area contributed by atoms with Crippen molar-refractivity contribution < 1.29 is 24.2 Å². The fraction of sp³-hybridized carbons (Fsp3) is 0.120. The Balaban J connectivity index is 1.97. The molecule has 162 valence electrons. The molecule has 0 saturated carbocycles. The van der Waals surface area contributed by atoms with Crippen molar-refractivity contribution in [1.82, 2.24) is 0 Å². The van der Waals surface area contributed by atoms with Gasteiger partial charge in [-0.15, -0.1) is 0 Å². The number of halogens is 1. The SMILES string of the molecule is COc1ccc([C@@H]2/C(=C(\O)c3ccccc3)C(=O)C(=O)N2c2cccc(Br)c2)cc1OC. The summed E-state index contributed by atoms with van der Waals surface area (Å²) < 4.78 is 11.5. The molecule has 1 amide bonds. The van der Waals surface area contributed by atoms with E-state index in [1.807, 2.05) is 12.1 Å². The molecule has 1 atom stereocenters. The summed E-state index contributed by atoms with van der Waals surface area (Å²) in [6.45, 7) is 0. The number of carbonyl (C=O) groups excluding carboxylic acids is 2. The van der Waals surface area contributed by atoms with Gasteiger partial charge in [0, 0.05) is 15.7 Å². The molecule has 0 unspecified atom stereocenters. The van der Waals surface area contributed by atoms with Crippen LogP contribution in [0.15, 0.2) is 82.8 Å². The number of hydrogen-bond donors (Lipinski definition) is 1. The van der Waals surface area contributed by atoms with Crippen molar-refractivity contribution in [1.29, 1.82) is 0 Å². The van der Waals surface area contributed by atoms with Crippen molar-refractivity contribution in [3.63, 3.8) is 0 Å². The van der Waals surface area contributed by atoms with Gasteiger partial charge in [-0.05, 0) is 35.9 Å². The number of carbonyl (C=O) groups is 2. The smallest absolute Gasteiger partial charge is 0.300 e. The third-order valence-electron chi connectivity index (χ3n) is 5.30. The van der Waals surface area contributed by atoms with Crippen LogP contribution in [-0.4, -0.2) is 31.0 Å². The van der Waals surface area contributed by atoms with E-state index in [1.54, 1.807) is 60.7 Å². The van der Waals surface area contributed by atoms with E-state index >= 15 is 0 Å². The molecule has 1 fully saturated rings. The summed E-state index contributed by atoms with van der Waals surface area (Å²) in [5.74, 6) is -0.754. The van der Waals surface area contributed by atoms with Gasteiger partial charge in [0.1, 0.15) is 5.76 Å². The number of anilines is 1. The average molecular weight is 494 g/mol. The number of aliphatic hydroxyl groups is 1. The number of nitrogens with zero attached hydrogens (tertiary/aromatic N) is 1. The Morgan fingerprint density at radius 1 is 0.906 bits per heavy atom. The Hall–Kier alpha value is -3.58. The van der Waals surface area contributed by atoms with E-state index < -0.39 is 17.7 Å². The van der Waals surface area contributed by atoms with E-state index in [2.05, 4.69) is 15.9 Å². The molecule has 0 spiro atoms. The molecule has 0 bridgehead atoms. The molecular weight excluding hydrogens is 474 g/mol. The summed E-state index contributed by atoms with van der Waals surface area (Å²) in [6.07, 6.45) is 0. The highest BCUT2D eigenvalue weighted by Crippen LogP contribution is 2.44. The van der Waals surface area contributed by atoms with Gasteiger partial charge in [0.15, 0.2) is 11.5 Å². The van der Waals surface area contributed by atoms with Crippen LogP contribution in [0.1, 0.15) is 17.2 Å². The Labute approximate surface area is 193 Å². The van der Waals surface area contributed by atoms with Crippen molar-refractivity contribution in [2.24, 2.45) is 0 Å². The van der Waals surface area contributed by atoms with E-state index in [9.17, 15) is 14.7 Å². The van der Waals surface area contributed by atoms with Crippen molar-refractivity contribution >= 4 is 39.1 Å². The topological polar surface area (TPSA) is 76.1 Å². The van der Waals surface area contributed by atoms with Gasteiger partial charge in [0.2, 0.25) is 0 Å². The van der Waals surface area contributed by atoms with Crippen LogP contribution in [0.2, 0.25) is 0 Å². The molecule has 0 radical (unpaired) electrons. The molecule has 1 aliphatic heterocycles.